The van der Waals surface area contributed by atoms with Crippen molar-refractivity contribution in [2.45, 2.75) is 31.3 Å². The molecule has 0 bridgehead atoms. The number of likely N-dealkylation sites (tertiary alicyclic amines) is 1. The number of aliphatic hydroxyl groups is 1. The molecule has 2 heterocycles. The summed E-state index contributed by atoms with van der Waals surface area (Å²) in [7, 11) is 0. The highest BCUT2D eigenvalue weighted by Crippen LogP contribution is 2.21. The number of hydrogen-bond donors (Lipinski definition) is 2. The largest absolute Gasteiger partial charge is 0.379 e. The number of hydrogen-bond acceptors (Lipinski definition) is 3. The monoisotopic (exact) mass is 198 g/mol. The van der Waals surface area contributed by atoms with Crippen molar-refractivity contribution in [3.63, 3.8) is 0 Å². The molecule has 0 saturated carbocycles. The van der Waals surface area contributed by atoms with Crippen LogP contribution in [-0.4, -0.2) is 47.7 Å². The fourth-order valence-corrected chi connectivity index (χ4v) is 2.29. The molecule has 4 nitrogen and oxygen atoms in total. The highest BCUT2D eigenvalue weighted by atomic mass is 16.3. The molecular formula is C10H18N2O2. The molecule has 0 aromatic rings. The van der Waals surface area contributed by atoms with E-state index < -0.39 is 5.60 Å². The molecule has 80 valence electrons. The number of amides is 1. The van der Waals surface area contributed by atoms with E-state index in [0.29, 0.717) is 13.0 Å². The van der Waals surface area contributed by atoms with Gasteiger partial charge in [0.1, 0.15) is 0 Å². The summed E-state index contributed by atoms with van der Waals surface area (Å²) in [6.07, 6.45) is 3.65. The van der Waals surface area contributed by atoms with E-state index in [-0.39, 0.29) is 5.91 Å². The minimum atomic E-state index is -1.12. The summed E-state index contributed by atoms with van der Waals surface area (Å²) in [6.45, 7) is 2.97. The van der Waals surface area contributed by atoms with Gasteiger partial charge in [-0.25, -0.2) is 0 Å². The molecule has 2 saturated heterocycles. The quantitative estimate of drug-likeness (QED) is 0.609. The third-order valence-corrected chi connectivity index (χ3v) is 3.15. The Morgan fingerprint density at radius 2 is 2.00 bits per heavy atom. The number of nitrogens with zero attached hydrogens (tertiary/aromatic N) is 1. The Morgan fingerprint density at radius 1 is 1.29 bits per heavy atom. The van der Waals surface area contributed by atoms with E-state index in [0.717, 1.165) is 38.9 Å². The van der Waals surface area contributed by atoms with Gasteiger partial charge < -0.3 is 15.3 Å². The third-order valence-electron chi connectivity index (χ3n) is 3.15. The Kier molecular flexibility index (Phi) is 2.74. The lowest BCUT2D eigenvalue weighted by Gasteiger charge is -2.34. The van der Waals surface area contributed by atoms with Gasteiger partial charge in [0.05, 0.1) is 0 Å². The van der Waals surface area contributed by atoms with Crippen LogP contribution in [0.5, 0.6) is 0 Å². The second kappa shape index (κ2) is 3.87. The molecule has 0 aliphatic carbocycles. The average molecular weight is 198 g/mol. The Bertz CT molecular complexity index is 218. The summed E-state index contributed by atoms with van der Waals surface area (Å²) in [5.74, 6) is -0.0674. The second-order valence-electron chi connectivity index (χ2n) is 4.31. The molecule has 1 atom stereocenters. The van der Waals surface area contributed by atoms with Gasteiger partial charge in [-0.2, -0.15) is 0 Å². The van der Waals surface area contributed by atoms with Gasteiger partial charge in [-0.3, -0.25) is 4.79 Å². The van der Waals surface area contributed by atoms with Crippen LogP contribution in [0.15, 0.2) is 0 Å². The van der Waals surface area contributed by atoms with E-state index in [2.05, 4.69) is 5.32 Å². The van der Waals surface area contributed by atoms with Gasteiger partial charge in [0.2, 0.25) is 0 Å². The SMILES string of the molecule is O=C(N1CCCC1)C1(O)CCCNC1. The molecule has 2 aliphatic rings. The van der Waals surface area contributed by atoms with Gasteiger partial charge in [0.15, 0.2) is 5.60 Å². The maximum Gasteiger partial charge on any atom is 0.255 e. The van der Waals surface area contributed by atoms with E-state index in [1.807, 2.05) is 0 Å². The van der Waals surface area contributed by atoms with Crippen LogP contribution >= 0.6 is 0 Å². The van der Waals surface area contributed by atoms with E-state index in [1.54, 1.807) is 4.90 Å². The standard InChI is InChI=1S/C10H18N2O2/c13-9(12-6-1-2-7-12)10(14)4-3-5-11-8-10/h11,14H,1-8H2. The van der Waals surface area contributed by atoms with E-state index in [9.17, 15) is 9.90 Å². The first-order valence-corrected chi connectivity index (χ1v) is 5.45. The van der Waals surface area contributed by atoms with Gasteiger partial charge in [-0.1, -0.05) is 0 Å². The fourth-order valence-electron chi connectivity index (χ4n) is 2.29. The van der Waals surface area contributed by atoms with Crippen LogP contribution in [0.25, 0.3) is 0 Å². The summed E-state index contributed by atoms with van der Waals surface area (Å²) in [6, 6.07) is 0. The molecule has 14 heavy (non-hydrogen) atoms. The normalized spacial score (nSPS) is 33.4. The molecule has 0 aromatic heterocycles. The molecule has 0 aromatic carbocycles. The lowest BCUT2D eigenvalue weighted by Crippen LogP contribution is -2.56. The van der Waals surface area contributed by atoms with Crippen LogP contribution < -0.4 is 5.32 Å². The van der Waals surface area contributed by atoms with Crippen LogP contribution in [-0.2, 0) is 4.79 Å². The number of nitrogens with one attached hydrogen (secondary N) is 1. The van der Waals surface area contributed by atoms with Crippen LogP contribution in [0.1, 0.15) is 25.7 Å². The highest BCUT2D eigenvalue weighted by Gasteiger charge is 2.40. The van der Waals surface area contributed by atoms with Crippen molar-refractivity contribution in [2.24, 2.45) is 0 Å². The van der Waals surface area contributed by atoms with E-state index in [1.165, 1.54) is 0 Å². The minimum absolute atomic E-state index is 0.0674. The van der Waals surface area contributed by atoms with Crippen LogP contribution in [0, 0.1) is 0 Å². The van der Waals surface area contributed by atoms with Crippen molar-refractivity contribution in [3.8, 4) is 0 Å². The number of rotatable bonds is 1. The van der Waals surface area contributed by atoms with Gasteiger partial charge in [0.25, 0.3) is 5.91 Å². The number of β-amino-alcohol motifs (C(OH)–C–C–N with tert-alkyl or cyclic N) is 1. The maximum atomic E-state index is 12.0. The first-order valence-electron chi connectivity index (χ1n) is 5.45. The zero-order valence-electron chi connectivity index (χ0n) is 8.46. The molecule has 2 aliphatic heterocycles. The zero-order valence-corrected chi connectivity index (χ0v) is 8.46. The summed E-state index contributed by atoms with van der Waals surface area (Å²) in [5, 5.41) is 13.2. The Balaban J connectivity index is 2.00. The summed E-state index contributed by atoms with van der Waals surface area (Å²) in [4.78, 5) is 13.8. The van der Waals surface area contributed by atoms with Gasteiger partial charge >= 0.3 is 0 Å². The van der Waals surface area contributed by atoms with Gasteiger partial charge in [0, 0.05) is 19.6 Å². The van der Waals surface area contributed by atoms with Crippen molar-refractivity contribution in [1.82, 2.24) is 10.2 Å². The molecule has 0 radical (unpaired) electrons. The van der Waals surface area contributed by atoms with Crippen LogP contribution in [0.2, 0.25) is 0 Å². The van der Waals surface area contributed by atoms with E-state index >= 15 is 0 Å². The lowest BCUT2D eigenvalue weighted by atomic mass is 9.93. The molecule has 1 amide bonds. The third kappa shape index (κ3) is 1.77. The maximum absolute atomic E-state index is 12.0. The Morgan fingerprint density at radius 3 is 2.57 bits per heavy atom. The van der Waals surface area contributed by atoms with Gasteiger partial charge in [-0.05, 0) is 32.2 Å². The van der Waals surface area contributed by atoms with Gasteiger partial charge in [-0.15, -0.1) is 0 Å². The summed E-state index contributed by atoms with van der Waals surface area (Å²) in [5.41, 5.74) is -1.12. The van der Waals surface area contributed by atoms with Crippen LogP contribution in [0.4, 0.5) is 0 Å². The number of carbonyl (C=O) groups excluding carboxylic acids is 1. The zero-order chi connectivity index (χ0) is 10.0. The molecule has 4 heteroatoms. The van der Waals surface area contributed by atoms with E-state index in [4.69, 9.17) is 0 Å². The second-order valence-corrected chi connectivity index (χ2v) is 4.31. The first-order chi connectivity index (χ1) is 6.72. The van der Waals surface area contributed by atoms with Crippen molar-refractivity contribution in [1.29, 1.82) is 0 Å². The molecule has 1 unspecified atom stereocenters. The predicted molar refractivity (Wildman–Crippen MR) is 52.9 cm³/mol. The summed E-state index contributed by atoms with van der Waals surface area (Å²) < 4.78 is 0. The highest BCUT2D eigenvalue weighted by molar-refractivity contribution is 5.85. The first kappa shape index (κ1) is 9.93. The fraction of sp³-hybridized carbons (Fsp3) is 0.900. The molecule has 2 N–H and O–H groups in total. The Labute approximate surface area is 84.3 Å². The summed E-state index contributed by atoms with van der Waals surface area (Å²) >= 11 is 0. The van der Waals surface area contributed by atoms with Crippen LogP contribution in [0.3, 0.4) is 0 Å². The predicted octanol–water partition coefficient (Wildman–Crippen LogP) is -0.277. The van der Waals surface area contributed by atoms with Crippen molar-refractivity contribution < 1.29 is 9.90 Å². The molecule has 2 fully saturated rings. The Hall–Kier alpha value is -0.610. The van der Waals surface area contributed by atoms with Crippen molar-refractivity contribution >= 4 is 5.91 Å². The topological polar surface area (TPSA) is 52.6 Å². The lowest BCUT2D eigenvalue weighted by molar-refractivity contribution is -0.151. The molecule has 0 spiro atoms. The smallest absolute Gasteiger partial charge is 0.255 e. The average Bonchev–Trinajstić information content (AvgIpc) is 2.70. The molecule has 2 rings (SSSR count). The number of carbonyl (C=O) groups is 1. The minimum Gasteiger partial charge on any atom is -0.379 e. The number of piperidine rings is 1. The molecular weight excluding hydrogens is 180 g/mol. The van der Waals surface area contributed by atoms with Crippen molar-refractivity contribution in [2.75, 3.05) is 26.2 Å². The van der Waals surface area contributed by atoms with Crippen molar-refractivity contribution in [3.05, 3.63) is 0 Å².